The van der Waals surface area contributed by atoms with E-state index < -0.39 is 6.04 Å². The Labute approximate surface area is 153 Å². The van der Waals surface area contributed by atoms with Crippen LogP contribution < -0.4 is 5.73 Å². The number of rotatable bonds is 4. The lowest BCUT2D eigenvalue weighted by Crippen LogP contribution is -2.31. The zero-order valence-electron chi connectivity index (χ0n) is 14.7. The minimum Gasteiger partial charge on any atom is -0.289 e. The van der Waals surface area contributed by atoms with Crippen LogP contribution in [0, 0.1) is 6.92 Å². The van der Waals surface area contributed by atoms with E-state index in [1.54, 1.807) is 0 Å². The van der Waals surface area contributed by atoms with E-state index in [1.807, 2.05) is 84.3 Å². The molecular weight excluding hydrogens is 320 g/mol. The molecule has 2 N–H and O–H groups in total. The maximum Gasteiger partial charge on any atom is 0.276 e. The van der Waals surface area contributed by atoms with Crippen LogP contribution in [0.25, 0.3) is 0 Å². The molecule has 0 saturated carbocycles. The van der Waals surface area contributed by atoms with Gasteiger partial charge in [0.25, 0.3) is 5.84 Å². The molecule has 1 aliphatic heterocycles. The topological polar surface area (TPSA) is 46.1 Å². The maximum atomic E-state index is 13.4. The first-order chi connectivity index (χ1) is 12.6. The molecule has 1 heterocycles. The Bertz CT molecular complexity index is 988. The second kappa shape index (κ2) is 6.60. The summed E-state index contributed by atoms with van der Waals surface area (Å²) in [5.74, 6) is 0.724. The van der Waals surface area contributed by atoms with Crippen molar-refractivity contribution in [3.63, 3.8) is 0 Å². The highest BCUT2D eigenvalue weighted by Gasteiger charge is 2.35. The molecular formula is C23H21N2O+. The molecule has 0 fully saturated rings. The molecule has 3 heteroatoms. The van der Waals surface area contributed by atoms with Gasteiger partial charge in [0.2, 0.25) is 5.78 Å². The average Bonchev–Trinajstić information content (AvgIpc) is 3.00. The predicted molar refractivity (Wildman–Crippen MR) is 103 cm³/mol. The molecule has 0 amide bonds. The summed E-state index contributed by atoms with van der Waals surface area (Å²) in [4.78, 5) is 13.4. The quantitative estimate of drug-likeness (QED) is 0.579. The molecule has 0 bridgehead atoms. The molecule has 3 aromatic rings. The van der Waals surface area contributed by atoms with Crippen molar-refractivity contribution in [3.05, 3.63) is 107 Å². The van der Waals surface area contributed by atoms with Crippen LogP contribution in [-0.2, 0) is 6.54 Å². The SMILES string of the molecule is Cc1ccc(C(=O)[C@@H](c2ccccc2)[N+]2=C(N)c3ccccc3C2)cc1. The second-order valence-corrected chi connectivity index (χ2v) is 6.71. The number of hydrogen-bond acceptors (Lipinski definition) is 2. The molecule has 3 nitrogen and oxygen atoms in total. The number of amidine groups is 1. The number of carbonyl (C=O) groups is 1. The first-order valence-electron chi connectivity index (χ1n) is 8.78. The van der Waals surface area contributed by atoms with Crippen molar-refractivity contribution in [1.82, 2.24) is 0 Å². The van der Waals surface area contributed by atoms with Gasteiger partial charge in [-0.05, 0) is 13.0 Å². The average molecular weight is 341 g/mol. The van der Waals surface area contributed by atoms with Gasteiger partial charge in [0.1, 0.15) is 6.54 Å². The number of nitrogens with two attached hydrogens (primary N) is 1. The van der Waals surface area contributed by atoms with Gasteiger partial charge in [-0.1, -0.05) is 78.4 Å². The highest BCUT2D eigenvalue weighted by molar-refractivity contribution is 6.02. The summed E-state index contributed by atoms with van der Waals surface area (Å²) in [6, 6.07) is 25.2. The van der Waals surface area contributed by atoms with Gasteiger partial charge >= 0.3 is 0 Å². The number of ketones is 1. The van der Waals surface area contributed by atoms with Crippen LogP contribution in [0.1, 0.15) is 38.7 Å². The van der Waals surface area contributed by atoms with Gasteiger partial charge in [0.05, 0.1) is 5.56 Å². The highest BCUT2D eigenvalue weighted by atomic mass is 16.1. The first kappa shape index (κ1) is 16.3. The highest BCUT2D eigenvalue weighted by Crippen LogP contribution is 2.28. The zero-order chi connectivity index (χ0) is 18.1. The van der Waals surface area contributed by atoms with Gasteiger partial charge < -0.3 is 0 Å². The zero-order valence-corrected chi connectivity index (χ0v) is 14.7. The normalized spacial score (nSPS) is 14.2. The minimum atomic E-state index is -0.439. The molecule has 0 aliphatic carbocycles. The third-order valence-corrected chi connectivity index (χ3v) is 4.95. The van der Waals surface area contributed by atoms with Crippen molar-refractivity contribution in [2.75, 3.05) is 0 Å². The molecule has 3 aromatic carbocycles. The third-order valence-electron chi connectivity index (χ3n) is 4.95. The lowest BCUT2D eigenvalue weighted by Gasteiger charge is -2.17. The summed E-state index contributed by atoms with van der Waals surface area (Å²) in [7, 11) is 0. The van der Waals surface area contributed by atoms with E-state index in [1.165, 1.54) is 0 Å². The van der Waals surface area contributed by atoms with Crippen LogP contribution in [0.4, 0.5) is 0 Å². The van der Waals surface area contributed by atoms with E-state index in [0.29, 0.717) is 17.9 Å². The maximum absolute atomic E-state index is 13.4. The molecule has 0 saturated heterocycles. The number of benzene rings is 3. The van der Waals surface area contributed by atoms with Crippen LogP contribution in [-0.4, -0.2) is 16.2 Å². The van der Waals surface area contributed by atoms with Crippen LogP contribution in [0.15, 0.2) is 78.9 Å². The van der Waals surface area contributed by atoms with Crippen molar-refractivity contribution in [2.24, 2.45) is 5.73 Å². The number of carbonyl (C=O) groups excluding carboxylic acids is 1. The van der Waals surface area contributed by atoms with E-state index in [9.17, 15) is 4.79 Å². The lowest BCUT2D eigenvalue weighted by atomic mass is 9.96. The van der Waals surface area contributed by atoms with Crippen LogP contribution in [0.3, 0.4) is 0 Å². The van der Waals surface area contributed by atoms with Crippen LogP contribution in [0.5, 0.6) is 0 Å². The van der Waals surface area contributed by atoms with Crippen LogP contribution >= 0.6 is 0 Å². The van der Waals surface area contributed by atoms with Crippen molar-refractivity contribution in [2.45, 2.75) is 19.5 Å². The summed E-state index contributed by atoms with van der Waals surface area (Å²) in [6.07, 6.45) is 0. The second-order valence-electron chi connectivity index (χ2n) is 6.71. The molecule has 4 rings (SSSR count). The first-order valence-corrected chi connectivity index (χ1v) is 8.78. The largest absolute Gasteiger partial charge is 0.289 e. The van der Waals surface area contributed by atoms with Crippen molar-refractivity contribution in [1.29, 1.82) is 0 Å². The molecule has 26 heavy (non-hydrogen) atoms. The third kappa shape index (κ3) is 2.82. The fraction of sp³-hybridized carbons (Fsp3) is 0.130. The minimum absolute atomic E-state index is 0.0620. The summed E-state index contributed by atoms with van der Waals surface area (Å²) in [5.41, 5.74) is 11.4. The molecule has 0 unspecified atom stereocenters. The van der Waals surface area contributed by atoms with E-state index in [0.717, 1.165) is 22.3 Å². The Hall–Kier alpha value is -3.20. The molecule has 0 radical (unpaired) electrons. The summed E-state index contributed by atoms with van der Waals surface area (Å²) < 4.78 is 2.02. The Morgan fingerprint density at radius 2 is 1.58 bits per heavy atom. The van der Waals surface area contributed by atoms with Gasteiger partial charge in [-0.3, -0.25) is 10.5 Å². The van der Waals surface area contributed by atoms with Gasteiger partial charge in [0.15, 0.2) is 6.04 Å². The molecule has 0 aromatic heterocycles. The van der Waals surface area contributed by atoms with Gasteiger partial charge in [-0.15, -0.1) is 0 Å². The Morgan fingerprint density at radius 3 is 2.27 bits per heavy atom. The van der Waals surface area contributed by atoms with Gasteiger partial charge in [-0.2, -0.15) is 0 Å². The van der Waals surface area contributed by atoms with E-state index >= 15 is 0 Å². The fourth-order valence-corrected chi connectivity index (χ4v) is 3.55. The smallest absolute Gasteiger partial charge is 0.276 e. The molecule has 1 atom stereocenters. The number of hydrogen-bond donors (Lipinski definition) is 1. The fourth-order valence-electron chi connectivity index (χ4n) is 3.55. The van der Waals surface area contributed by atoms with Crippen molar-refractivity contribution < 1.29 is 9.37 Å². The number of aryl methyl sites for hydroxylation is 1. The summed E-state index contributed by atoms with van der Waals surface area (Å²) in [5, 5.41) is 0. The van der Waals surface area contributed by atoms with Crippen molar-refractivity contribution in [3.8, 4) is 0 Å². The van der Waals surface area contributed by atoms with E-state index in [-0.39, 0.29) is 5.78 Å². The predicted octanol–water partition coefficient (Wildman–Crippen LogP) is 3.85. The molecule has 128 valence electrons. The Balaban J connectivity index is 1.82. The Kier molecular flexibility index (Phi) is 4.13. The standard InChI is InChI=1S/C23H20N2O/c1-16-11-13-18(14-12-16)22(26)21(17-7-3-2-4-8-17)25-15-19-9-5-6-10-20(19)23(25)24/h2-14,21,24H,15H2,1H3/p+1/t21-/m1/s1. The van der Waals surface area contributed by atoms with Gasteiger partial charge in [-0.25, -0.2) is 4.58 Å². The number of fused-ring (bicyclic) bond motifs is 1. The van der Waals surface area contributed by atoms with Crippen LogP contribution in [0.2, 0.25) is 0 Å². The van der Waals surface area contributed by atoms with E-state index in [4.69, 9.17) is 5.73 Å². The molecule has 0 spiro atoms. The lowest BCUT2D eigenvalue weighted by molar-refractivity contribution is -0.568. The van der Waals surface area contributed by atoms with Crippen molar-refractivity contribution >= 4 is 11.6 Å². The summed E-state index contributed by atoms with van der Waals surface area (Å²) >= 11 is 0. The van der Waals surface area contributed by atoms with Gasteiger partial charge in [0, 0.05) is 16.7 Å². The number of Topliss-reactive ketones (excluding diaryl/α,β-unsaturated/α-hetero) is 1. The monoisotopic (exact) mass is 341 g/mol. The van der Waals surface area contributed by atoms with E-state index in [2.05, 4.69) is 6.07 Å². The summed E-state index contributed by atoms with van der Waals surface area (Å²) in [6.45, 7) is 2.66. The Morgan fingerprint density at radius 1 is 0.923 bits per heavy atom. The molecule has 1 aliphatic rings. The number of nitrogens with zero attached hydrogens (tertiary/aromatic N) is 1.